The van der Waals surface area contributed by atoms with Crippen LogP contribution in [0.25, 0.3) is 0 Å². The summed E-state index contributed by atoms with van der Waals surface area (Å²) in [5.41, 5.74) is 3.12. The first-order valence-corrected chi connectivity index (χ1v) is 9.97. The first kappa shape index (κ1) is 20.7. The Morgan fingerprint density at radius 1 is 1.13 bits per heavy atom. The molecule has 0 spiro atoms. The Balaban J connectivity index is 1.55. The van der Waals surface area contributed by atoms with Gasteiger partial charge in [0.2, 0.25) is 0 Å². The van der Waals surface area contributed by atoms with Crippen LogP contribution in [0, 0.1) is 18.6 Å². The van der Waals surface area contributed by atoms with E-state index in [0.717, 1.165) is 29.0 Å². The number of aryl methyl sites for hydroxylation is 2. The average molecular weight is 424 g/mol. The highest BCUT2D eigenvalue weighted by atomic mass is 19.1. The number of halogens is 2. The zero-order valence-corrected chi connectivity index (χ0v) is 17.3. The van der Waals surface area contributed by atoms with Crippen molar-refractivity contribution >= 4 is 11.8 Å². The third kappa shape index (κ3) is 4.05. The molecule has 0 atom stereocenters. The predicted octanol–water partition coefficient (Wildman–Crippen LogP) is 3.14. The fourth-order valence-corrected chi connectivity index (χ4v) is 3.90. The van der Waals surface area contributed by atoms with Crippen molar-refractivity contribution in [3.05, 3.63) is 87.7 Å². The van der Waals surface area contributed by atoms with Crippen LogP contribution >= 0.6 is 0 Å². The lowest BCUT2D eigenvalue weighted by Gasteiger charge is -2.28. The van der Waals surface area contributed by atoms with Crippen LogP contribution in [0.1, 0.15) is 43.2 Å². The first-order valence-electron chi connectivity index (χ1n) is 9.97. The van der Waals surface area contributed by atoms with E-state index in [9.17, 15) is 18.4 Å². The predicted molar refractivity (Wildman–Crippen MR) is 110 cm³/mol. The Morgan fingerprint density at radius 2 is 1.84 bits per heavy atom. The summed E-state index contributed by atoms with van der Waals surface area (Å²) in [5, 5.41) is 7.20. The number of amides is 2. The average Bonchev–Trinajstić information content (AvgIpc) is 3.08. The third-order valence-corrected chi connectivity index (χ3v) is 5.46. The molecule has 3 aromatic rings. The standard InChI is InChI=1S/C23H22F2N4O2/c1-14-5-3-6-15(11-14)12-26-22(30)21-16-13-29(10-9-19(16)28(2)27-21)23(31)20-17(24)7-4-8-18(20)25/h3-8,11H,9-10,12-13H2,1-2H3,(H,26,30). The number of carbonyl (C=O) groups is 2. The van der Waals surface area contributed by atoms with Crippen molar-refractivity contribution in [1.29, 1.82) is 0 Å². The third-order valence-electron chi connectivity index (χ3n) is 5.46. The molecule has 6 nitrogen and oxygen atoms in total. The molecular weight excluding hydrogens is 402 g/mol. The highest BCUT2D eigenvalue weighted by Gasteiger charge is 2.31. The van der Waals surface area contributed by atoms with Crippen molar-refractivity contribution in [3.63, 3.8) is 0 Å². The maximum absolute atomic E-state index is 14.1. The van der Waals surface area contributed by atoms with E-state index >= 15 is 0 Å². The van der Waals surface area contributed by atoms with Crippen LogP contribution in [0.15, 0.2) is 42.5 Å². The molecule has 8 heteroatoms. The molecule has 0 saturated heterocycles. The van der Waals surface area contributed by atoms with Gasteiger partial charge in [0.25, 0.3) is 11.8 Å². The van der Waals surface area contributed by atoms with Crippen LogP contribution in [-0.4, -0.2) is 33.0 Å². The minimum atomic E-state index is -0.905. The smallest absolute Gasteiger partial charge is 0.272 e. The Labute approximate surface area is 178 Å². The molecule has 2 heterocycles. The molecule has 0 aliphatic carbocycles. The van der Waals surface area contributed by atoms with E-state index in [1.54, 1.807) is 11.7 Å². The molecular formula is C23H22F2N4O2. The van der Waals surface area contributed by atoms with E-state index in [1.165, 1.54) is 11.0 Å². The first-order chi connectivity index (χ1) is 14.8. The lowest BCUT2D eigenvalue weighted by atomic mass is 10.0. The normalized spacial score (nSPS) is 13.1. The maximum atomic E-state index is 14.1. The summed E-state index contributed by atoms with van der Waals surface area (Å²) in [5.74, 6) is -2.91. The van der Waals surface area contributed by atoms with Gasteiger partial charge < -0.3 is 10.2 Å². The van der Waals surface area contributed by atoms with Crippen molar-refractivity contribution in [2.75, 3.05) is 6.54 Å². The second-order valence-corrected chi connectivity index (χ2v) is 7.64. The van der Waals surface area contributed by atoms with Crippen molar-refractivity contribution < 1.29 is 18.4 Å². The molecule has 1 aliphatic rings. The number of hydrogen-bond acceptors (Lipinski definition) is 3. The zero-order valence-electron chi connectivity index (χ0n) is 17.3. The fourth-order valence-electron chi connectivity index (χ4n) is 3.90. The minimum absolute atomic E-state index is 0.0585. The van der Waals surface area contributed by atoms with Gasteiger partial charge in [0.1, 0.15) is 17.2 Å². The Hall–Kier alpha value is -3.55. The van der Waals surface area contributed by atoms with E-state index in [4.69, 9.17) is 0 Å². The molecule has 160 valence electrons. The summed E-state index contributed by atoms with van der Waals surface area (Å²) < 4.78 is 29.8. The molecule has 4 rings (SSSR count). The van der Waals surface area contributed by atoms with Gasteiger partial charge >= 0.3 is 0 Å². The fraction of sp³-hybridized carbons (Fsp3) is 0.261. The number of fused-ring (bicyclic) bond motifs is 1. The van der Waals surface area contributed by atoms with Crippen molar-refractivity contribution in [1.82, 2.24) is 20.0 Å². The van der Waals surface area contributed by atoms with Crippen LogP contribution in [0.4, 0.5) is 8.78 Å². The van der Waals surface area contributed by atoms with Gasteiger partial charge in [-0.15, -0.1) is 0 Å². The Morgan fingerprint density at radius 3 is 2.55 bits per heavy atom. The van der Waals surface area contributed by atoms with Gasteiger partial charge in [-0.2, -0.15) is 5.10 Å². The van der Waals surface area contributed by atoms with Gasteiger partial charge in [0, 0.05) is 37.8 Å². The van der Waals surface area contributed by atoms with E-state index in [-0.39, 0.29) is 24.7 Å². The number of benzene rings is 2. The molecule has 0 unspecified atom stereocenters. The highest BCUT2D eigenvalue weighted by molar-refractivity contribution is 5.96. The van der Waals surface area contributed by atoms with Crippen LogP contribution < -0.4 is 5.32 Å². The minimum Gasteiger partial charge on any atom is -0.347 e. The van der Waals surface area contributed by atoms with Gasteiger partial charge in [-0.1, -0.05) is 35.9 Å². The van der Waals surface area contributed by atoms with Crippen molar-refractivity contribution in [3.8, 4) is 0 Å². The van der Waals surface area contributed by atoms with Crippen molar-refractivity contribution in [2.24, 2.45) is 7.05 Å². The number of aromatic nitrogens is 2. The number of carbonyl (C=O) groups excluding carboxylic acids is 2. The number of rotatable bonds is 4. The van der Waals surface area contributed by atoms with E-state index in [2.05, 4.69) is 10.4 Å². The second-order valence-electron chi connectivity index (χ2n) is 7.64. The van der Waals surface area contributed by atoms with Gasteiger partial charge in [-0.05, 0) is 24.6 Å². The SMILES string of the molecule is Cc1cccc(CNC(=O)c2nn(C)c3c2CN(C(=O)c2c(F)cccc2F)CC3)c1. The summed E-state index contributed by atoms with van der Waals surface area (Å²) in [6, 6.07) is 11.1. The number of nitrogens with one attached hydrogen (secondary N) is 1. The molecule has 1 aliphatic heterocycles. The summed E-state index contributed by atoms with van der Waals surface area (Å²) in [6.45, 7) is 2.66. The molecule has 1 N–H and O–H groups in total. The molecule has 0 fully saturated rings. The van der Waals surface area contributed by atoms with Crippen LogP contribution in [0.5, 0.6) is 0 Å². The summed E-state index contributed by atoms with van der Waals surface area (Å²) in [6.07, 6.45) is 0.436. The summed E-state index contributed by atoms with van der Waals surface area (Å²) >= 11 is 0. The summed E-state index contributed by atoms with van der Waals surface area (Å²) in [4.78, 5) is 27.0. The van der Waals surface area contributed by atoms with Gasteiger partial charge in [-0.3, -0.25) is 14.3 Å². The zero-order chi connectivity index (χ0) is 22.1. The van der Waals surface area contributed by atoms with Crippen LogP contribution in [-0.2, 0) is 26.6 Å². The largest absolute Gasteiger partial charge is 0.347 e. The van der Waals surface area contributed by atoms with Crippen LogP contribution in [0.2, 0.25) is 0 Å². The molecule has 2 amide bonds. The number of hydrogen-bond donors (Lipinski definition) is 1. The van der Waals surface area contributed by atoms with E-state index < -0.39 is 23.1 Å². The summed E-state index contributed by atoms with van der Waals surface area (Å²) in [7, 11) is 1.74. The highest BCUT2D eigenvalue weighted by Crippen LogP contribution is 2.25. The molecule has 0 bridgehead atoms. The molecule has 0 saturated carbocycles. The second kappa shape index (κ2) is 8.29. The number of nitrogens with zero attached hydrogens (tertiary/aromatic N) is 3. The lowest BCUT2D eigenvalue weighted by Crippen LogP contribution is -2.38. The van der Waals surface area contributed by atoms with Gasteiger partial charge in [0.15, 0.2) is 5.69 Å². The lowest BCUT2D eigenvalue weighted by molar-refractivity contribution is 0.0720. The Bertz CT molecular complexity index is 1150. The molecule has 1 aromatic heterocycles. The van der Waals surface area contributed by atoms with E-state index in [0.29, 0.717) is 18.5 Å². The monoisotopic (exact) mass is 424 g/mol. The molecule has 2 aromatic carbocycles. The van der Waals surface area contributed by atoms with Crippen molar-refractivity contribution in [2.45, 2.75) is 26.4 Å². The van der Waals surface area contributed by atoms with Gasteiger partial charge in [0.05, 0.1) is 6.54 Å². The molecule has 0 radical (unpaired) electrons. The topological polar surface area (TPSA) is 67.2 Å². The quantitative estimate of drug-likeness (QED) is 0.700. The Kier molecular flexibility index (Phi) is 5.54. The van der Waals surface area contributed by atoms with E-state index in [1.807, 2.05) is 31.2 Å². The molecule has 31 heavy (non-hydrogen) atoms. The van der Waals surface area contributed by atoms with Crippen LogP contribution in [0.3, 0.4) is 0 Å². The van der Waals surface area contributed by atoms with Gasteiger partial charge in [-0.25, -0.2) is 8.78 Å². The maximum Gasteiger partial charge on any atom is 0.272 e.